The van der Waals surface area contributed by atoms with Crippen molar-refractivity contribution < 1.29 is 9.18 Å². The van der Waals surface area contributed by atoms with Gasteiger partial charge in [-0.15, -0.1) is 0 Å². The molecule has 0 spiro atoms. The normalized spacial score (nSPS) is 10.1. The van der Waals surface area contributed by atoms with E-state index < -0.39 is 11.7 Å². The molecule has 0 fully saturated rings. The zero-order chi connectivity index (χ0) is 13.1. The molecular formula is C12H10FN3O2. The summed E-state index contributed by atoms with van der Waals surface area (Å²) in [7, 11) is 0. The van der Waals surface area contributed by atoms with Crippen LogP contribution in [0.3, 0.4) is 0 Å². The van der Waals surface area contributed by atoms with Crippen LogP contribution in [0.25, 0.3) is 0 Å². The Morgan fingerprint density at radius 2 is 2.22 bits per heavy atom. The number of aromatic amines is 1. The molecule has 2 heterocycles. The summed E-state index contributed by atoms with van der Waals surface area (Å²) >= 11 is 0. The van der Waals surface area contributed by atoms with E-state index in [0.29, 0.717) is 5.69 Å². The monoisotopic (exact) mass is 247 g/mol. The highest BCUT2D eigenvalue weighted by atomic mass is 19.1. The molecule has 1 amide bonds. The maximum absolute atomic E-state index is 12.6. The number of nitrogens with zero attached hydrogens (tertiary/aromatic N) is 1. The van der Waals surface area contributed by atoms with Crippen LogP contribution in [0.1, 0.15) is 16.1 Å². The minimum Gasteiger partial charge on any atom is -0.364 e. The highest BCUT2D eigenvalue weighted by molar-refractivity contribution is 6.03. The van der Waals surface area contributed by atoms with Crippen LogP contribution in [0.4, 0.5) is 10.2 Å². The Morgan fingerprint density at radius 3 is 2.83 bits per heavy atom. The number of hydrogen-bond acceptors (Lipinski definition) is 3. The van der Waals surface area contributed by atoms with Gasteiger partial charge < -0.3 is 10.3 Å². The summed E-state index contributed by atoms with van der Waals surface area (Å²) in [5.41, 5.74) is 0.258. The minimum absolute atomic E-state index is 0.0216. The number of aryl methyl sites for hydroxylation is 1. The van der Waals surface area contributed by atoms with Crippen molar-refractivity contribution in [1.82, 2.24) is 9.97 Å². The Labute approximate surface area is 102 Å². The number of carbonyl (C=O) groups excluding carboxylic acids is 1. The number of anilines is 1. The second kappa shape index (κ2) is 4.79. The summed E-state index contributed by atoms with van der Waals surface area (Å²) in [5.74, 6) is -0.905. The number of aromatic nitrogens is 2. The Morgan fingerprint density at radius 1 is 1.44 bits per heavy atom. The largest absolute Gasteiger partial charge is 0.364 e. The number of hydrogen-bond donors (Lipinski definition) is 2. The molecule has 0 aromatic carbocycles. The van der Waals surface area contributed by atoms with Crippen molar-refractivity contribution >= 4 is 11.7 Å². The Kier molecular flexibility index (Phi) is 3.18. The topological polar surface area (TPSA) is 74.8 Å². The predicted molar refractivity (Wildman–Crippen MR) is 63.9 cm³/mol. The highest BCUT2D eigenvalue weighted by Gasteiger charge is 2.10. The van der Waals surface area contributed by atoms with Gasteiger partial charge in [-0.25, -0.2) is 9.37 Å². The number of carbonyl (C=O) groups is 1. The fourth-order valence-electron chi connectivity index (χ4n) is 1.38. The predicted octanol–water partition coefficient (Wildman–Crippen LogP) is 1.47. The van der Waals surface area contributed by atoms with Gasteiger partial charge in [0.25, 0.3) is 5.91 Å². The van der Waals surface area contributed by atoms with Gasteiger partial charge in [0.05, 0.1) is 6.20 Å². The van der Waals surface area contributed by atoms with Gasteiger partial charge in [0.2, 0.25) is 0 Å². The van der Waals surface area contributed by atoms with E-state index in [1.807, 2.05) is 0 Å². The van der Waals surface area contributed by atoms with E-state index in [1.165, 1.54) is 24.4 Å². The van der Waals surface area contributed by atoms with Crippen LogP contribution < -0.4 is 10.7 Å². The third-order valence-corrected chi connectivity index (χ3v) is 2.27. The molecule has 0 aliphatic heterocycles. The first-order valence-corrected chi connectivity index (χ1v) is 5.18. The van der Waals surface area contributed by atoms with Crippen molar-refractivity contribution in [3.8, 4) is 0 Å². The van der Waals surface area contributed by atoms with Crippen molar-refractivity contribution in [1.29, 1.82) is 0 Å². The van der Waals surface area contributed by atoms with Gasteiger partial charge in [0.15, 0.2) is 5.43 Å². The molecule has 0 atom stereocenters. The first kappa shape index (κ1) is 12.0. The molecule has 2 aromatic heterocycles. The van der Waals surface area contributed by atoms with Gasteiger partial charge in [-0.05, 0) is 19.1 Å². The van der Waals surface area contributed by atoms with E-state index in [-0.39, 0.29) is 16.8 Å². The van der Waals surface area contributed by atoms with Gasteiger partial charge in [-0.1, -0.05) is 0 Å². The number of halogens is 1. The van der Waals surface area contributed by atoms with E-state index in [9.17, 15) is 14.0 Å². The fraction of sp³-hybridized carbons (Fsp3) is 0.0833. The Bertz CT molecular complexity index is 635. The SMILES string of the molecule is Cc1cc(=O)c(C(=O)Nc2ccc(F)cn2)c[nH]1. The second-order valence-corrected chi connectivity index (χ2v) is 3.71. The lowest BCUT2D eigenvalue weighted by atomic mass is 10.2. The van der Waals surface area contributed by atoms with Crippen molar-refractivity contribution in [3.05, 3.63) is 57.9 Å². The van der Waals surface area contributed by atoms with Crippen LogP contribution in [0.5, 0.6) is 0 Å². The average molecular weight is 247 g/mol. The zero-order valence-corrected chi connectivity index (χ0v) is 9.53. The summed E-state index contributed by atoms with van der Waals surface area (Å²) in [4.78, 5) is 29.8. The molecule has 5 nitrogen and oxygen atoms in total. The molecule has 92 valence electrons. The van der Waals surface area contributed by atoms with Gasteiger partial charge >= 0.3 is 0 Å². The zero-order valence-electron chi connectivity index (χ0n) is 9.53. The second-order valence-electron chi connectivity index (χ2n) is 3.71. The maximum atomic E-state index is 12.6. The molecular weight excluding hydrogens is 237 g/mol. The minimum atomic E-state index is -0.588. The summed E-state index contributed by atoms with van der Waals surface area (Å²) in [6.07, 6.45) is 2.31. The van der Waals surface area contributed by atoms with Crippen LogP contribution in [-0.2, 0) is 0 Å². The van der Waals surface area contributed by atoms with E-state index in [2.05, 4.69) is 15.3 Å². The van der Waals surface area contributed by atoms with Crippen molar-refractivity contribution in [2.45, 2.75) is 6.92 Å². The highest BCUT2D eigenvalue weighted by Crippen LogP contribution is 2.05. The van der Waals surface area contributed by atoms with Crippen molar-refractivity contribution in [3.63, 3.8) is 0 Å². The molecule has 0 unspecified atom stereocenters. The van der Waals surface area contributed by atoms with Gasteiger partial charge in [0.1, 0.15) is 17.2 Å². The fourth-order valence-corrected chi connectivity index (χ4v) is 1.38. The molecule has 0 saturated heterocycles. The molecule has 0 aliphatic carbocycles. The Hall–Kier alpha value is -2.50. The molecule has 2 aromatic rings. The summed E-state index contributed by atoms with van der Waals surface area (Å²) in [5, 5.41) is 2.41. The number of amides is 1. The van der Waals surface area contributed by atoms with Gasteiger partial charge in [-0.2, -0.15) is 0 Å². The lowest BCUT2D eigenvalue weighted by molar-refractivity contribution is 0.102. The van der Waals surface area contributed by atoms with E-state index in [4.69, 9.17) is 0 Å². The molecule has 0 aliphatic rings. The first-order chi connectivity index (χ1) is 8.56. The van der Waals surface area contributed by atoms with E-state index >= 15 is 0 Å². The van der Waals surface area contributed by atoms with Crippen molar-refractivity contribution in [2.24, 2.45) is 0 Å². The van der Waals surface area contributed by atoms with Crippen LogP contribution in [-0.4, -0.2) is 15.9 Å². The quantitative estimate of drug-likeness (QED) is 0.843. The smallest absolute Gasteiger partial charge is 0.262 e. The molecule has 0 saturated carbocycles. The average Bonchev–Trinajstić information content (AvgIpc) is 2.32. The van der Waals surface area contributed by atoms with E-state index in [1.54, 1.807) is 6.92 Å². The summed E-state index contributed by atoms with van der Waals surface area (Å²) in [6, 6.07) is 3.81. The number of pyridine rings is 2. The van der Waals surface area contributed by atoms with Crippen molar-refractivity contribution in [2.75, 3.05) is 5.32 Å². The molecule has 2 rings (SSSR count). The van der Waals surface area contributed by atoms with Gasteiger partial charge in [0, 0.05) is 18.0 Å². The number of H-pyrrole nitrogens is 1. The molecule has 18 heavy (non-hydrogen) atoms. The third-order valence-electron chi connectivity index (χ3n) is 2.27. The van der Waals surface area contributed by atoms with Crippen LogP contribution >= 0.6 is 0 Å². The summed E-state index contributed by atoms with van der Waals surface area (Å²) < 4.78 is 12.6. The van der Waals surface area contributed by atoms with Crippen LogP contribution in [0, 0.1) is 12.7 Å². The maximum Gasteiger partial charge on any atom is 0.262 e. The lowest BCUT2D eigenvalue weighted by Gasteiger charge is -2.03. The summed E-state index contributed by atoms with van der Waals surface area (Å²) in [6.45, 7) is 1.71. The first-order valence-electron chi connectivity index (χ1n) is 5.18. The number of rotatable bonds is 2. The van der Waals surface area contributed by atoms with Crippen LogP contribution in [0.2, 0.25) is 0 Å². The standard InChI is InChI=1S/C12H10FN3O2/c1-7-4-10(17)9(6-14-7)12(18)16-11-3-2-8(13)5-15-11/h2-6H,1H3,(H,14,17)(H,15,16,18). The Balaban J connectivity index is 2.22. The van der Waals surface area contributed by atoms with Crippen LogP contribution in [0.15, 0.2) is 35.4 Å². The number of nitrogens with one attached hydrogen (secondary N) is 2. The van der Waals surface area contributed by atoms with E-state index in [0.717, 1.165) is 6.20 Å². The molecule has 0 radical (unpaired) electrons. The third kappa shape index (κ3) is 2.60. The molecule has 2 N–H and O–H groups in total. The molecule has 0 bridgehead atoms. The van der Waals surface area contributed by atoms with Gasteiger partial charge in [-0.3, -0.25) is 9.59 Å². The lowest BCUT2D eigenvalue weighted by Crippen LogP contribution is -2.22. The molecule has 6 heteroatoms.